The van der Waals surface area contributed by atoms with Crippen molar-refractivity contribution >= 4 is 0 Å². The van der Waals surface area contributed by atoms with Crippen molar-refractivity contribution in [3.05, 3.63) is 0 Å². The van der Waals surface area contributed by atoms with Crippen LogP contribution in [0.3, 0.4) is 0 Å². The number of hydrogen-bond acceptors (Lipinski definition) is 3. The Bertz CT molecular complexity index is 229. The van der Waals surface area contributed by atoms with Gasteiger partial charge in [0.15, 0.2) is 0 Å². The minimum atomic E-state index is -0.0683. The van der Waals surface area contributed by atoms with Gasteiger partial charge in [-0.2, -0.15) is 0 Å². The van der Waals surface area contributed by atoms with Crippen molar-refractivity contribution in [1.29, 1.82) is 0 Å². The summed E-state index contributed by atoms with van der Waals surface area (Å²) in [6.45, 7) is 11.4. The van der Waals surface area contributed by atoms with Gasteiger partial charge < -0.3 is 5.11 Å². The molecule has 0 aromatic carbocycles. The third-order valence-corrected chi connectivity index (χ3v) is 4.18. The molecule has 1 N–H and O–H groups in total. The van der Waals surface area contributed by atoms with Gasteiger partial charge >= 0.3 is 0 Å². The summed E-state index contributed by atoms with van der Waals surface area (Å²) in [6.07, 6.45) is 3.33. The first-order valence-corrected chi connectivity index (χ1v) is 6.65. The van der Waals surface area contributed by atoms with E-state index in [1.54, 1.807) is 0 Å². The van der Waals surface area contributed by atoms with Crippen molar-refractivity contribution in [2.75, 3.05) is 26.2 Å². The number of aliphatic hydroxyl groups is 1. The summed E-state index contributed by atoms with van der Waals surface area (Å²) in [6, 6.07) is 0.446. The molecule has 94 valence electrons. The van der Waals surface area contributed by atoms with Crippen LogP contribution >= 0.6 is 0 Å². The Hall–Kier alpha value is -0.120. The fourth-order valence-electron chi connectivity index (χ4n) is 3.07. The molecule has 0 radical (unpaired) electrons. The zero-order valence-corrected chi connectivity index (χ0v) is 10.9. The van der Waals surface area contributed by atoms with Gasteiger partial charge in [0.1, 0.15) is 0 Å². The molecular formula is C13H26N2O. The maximum Gasteiger partial charge on any atom is 0.0695 e. The lowest BCUT2D eigenvalue weighted by atomic mass is 10.0. The second-order valence-electron chi connectivity index (χ2n) is 6.26. The van der Waals surface area contributed by atoms with Gasteiger partial charge in [-0.15, -0.1) is 0 Å². The van der Waals surface area contributed by atoms with E-state index in [0.717, 1.165) is 32.6 Å². The Morgan fingerprint density at radius 1 is 1.00 bits per heavy atom. The summed E-state index contributed by atoms with van der Waals surface area (Å²) in [5.74, 6) is 0. The molecule has 1 aliphatic heterocycles. The smallest absolute Gasteiger partial charge is 0.0695 e. The molecule has 0 unspecified atom stereocenters. The fourth-order valence-corrected chi connectivity index (χ4v) is 3.07. The molecule has 2 rings (SSSR count). The van der Waals surface area contributed by atoms with Crippen molar-refractivity contribution in [1.82, 2.24) is 9.80 Å². The van der Waals surface area contributed by atoms with Crippen LogP contribution in [0.1, 0.15) is 40.0 Å². The van der Waals surface area contributed by atoms with Crippen LogP contribution in [0.4, 0.5) is 0 Å². The van der Waals surface area contributed by atoms with Gasteiger partial charge in [-0.3, -0.25) is 9.80 Å². The Labute approximate surface area is 99.4 Å². The molecule has 1 aliphatic carbocycles. The topological polar surface area (TPSA) is 26.7 Å². The zero-order valence-electron chi connectivity index (χ0n) is 10.9. The van der Waals surface area contributed by atoms with E-state index in [-0.39, 0.29) is 6.10 Å². The summed E-state index contributed by atoms with van der Waals surface area (Å²) in [7, 11) is 0. The van der Waals surface area contributed by atoms with E-state index in [4.69, 9.17) is 0 Å². The maximum atomic E-state index is 9.91. The minimum absolute atomic E-state index is 0.0683. The Kier molecular flexibility index (Phi) is 3.57. The Balaban J connectivity index is 1.85. The average molecular weight is 226 g/mol. The van der Waals surface area contributed by atoms with E-state index in [9.17, 15) is 5.11 Å². The van der Waals surface area contributed by atoms with Crippen LogP contribution in [0.5, 0.6) is 0 Å². The van der Waals surface area contributed by atoms with Gasteiger partial charge in [0, 0.05) is 37.8 Å². The van der Waals surface area contributed by atoms with Gasteiger partial charge in [0.25, 0.3) is 0 Å². The highest BCUT2D eigenvalue weighted by Gasteiger charge is 2.34. The predicted octanol–water partition coefficient (Wildman–Crippen LogP) is 1.32. The van der Waals surface area contributed by atoms with Crippen LogP contribution in [0.25, 0.3) is 0 Å². The molecule has 0 spiro atoms. The standard InChI is InChI=1S/C13H26N2O/c1-13(2,3)15-9-7-14(8-10-15)11-5-4-6-12(11)16/h11-12,16H,4-10H2,1-3H3/t11-,12-/m0/s1. The number of rotatable bonds is 1. The maximum absolute atomic E-state index is 9.91. The molecule has 1 heterocycles. The lowest BCUT2D eigenvalue weighted by Gasteiger charge is -2.44. The first-order valence-electron chi connectivity index (χ1n) is 6.65. The molecule has 1 saturated carbocycles. The molecule has 16 heavy (non-hydrogen) atoms. The van der Waals surface area contributed by atoms with Crippen LogP contribution in [-0.4, -0.2) is 58.8 Å². The molecule has 2 atom stereocenters. The van der Waals surface area contributed by atoms with Crippen LogP contribution < -0.4 is 0 Å². The van der Waals surface area contributed by atoms with Gasteiger partial charge in [-0.05, 0) is 40.0 Å². The van der Waals surface area contributed by atoms with Crippen molar-refractivity contribution in [3.63, 3.8) is 0 Å². The van der Waals surface area contributed by atoms with Crippen LogP contribution in [-0.2, 0) is 0 Å². The molecule has 2 fully saturated rings. The minimum Gasteiger partial charge on any atom is -0.391 e. The SMILES string of the molecule is CC(C)(C)N1CCN([C@H]2CCC[C@@H]2O)CC1. The average Bonchev–Trinajstić information content (AvgIpc) is 2.63. The second-order valence-corrected chi connectivity index (χ2v) is 6.26. The van der Waals surface area contributed by atoms with Gasteiger partial charge in [0.05, 0.1) is 6.10 Å². The summed E-state index contributed by atoms with van der Waals surface area (Å²) >= 11 is 0. The van der Waals surface area contributed by atoms with Crippen LogP contribution in [0, 0.1) is 0 Å². The quantitative estimate of drug-likeness (QED) is 0.730. The van der Waals surface area contributed by atoms with Crippen molar-refractivity contribution < 1.29 is 5.11 Å². The van der Waals surface area contributed by atoms with Crippen molar-refractivity contribution in [2.45, 2.75) is 57.7 Å². The largest absolute Gasteiger partial charge is 0.391 e. The molecule has 1 saturated heterocycles. The Morgan fingerprint density at radius 3 is 2.06 bits per heavy atom. The third kappa shape index (κ3) is 2.58. The lowest BCUT2D eigenvalue weighted by Crippen LogP contribution is -2.56. The van der Waals surface area contributed by atoms with Crippen molar-refractivity contribution in [2.24, 2.45) is 0 Å². The highest BCUT2D eigenvalue weighted by atomic mass is 16.3. The summed E-state index contributed by atoms with van der Waals surface area (Å²) in [5.41, 5.74) is 0.292. The van der Waals surface area contributed by atoms with Crippen LogP contribution in [0.15, 0.2) is 0 Å². The molecule has 0 bridgehead atoms. The number of nitrogens with zero attached hydrogens (tertiary/aromatic N) is 2. The molecule has 0 aromatic heterocycles. The van der Waals surface area contributed by atoms with Gasteiger partial charge in [0.2, 0.25) is 0 Å². The molecular weight excluding hydrogens is 200 g/mol. The Morgan fingerprint density at radius 2 is 1.62 bits per heavy atom. The van der Waals surface area contributed by atoms with E-state index in [1.165, 1.54) is 12.8 Å². The zero-order chi connectivity index (χ0) is 11.8. The molecule has 3 nitrogen and oxygen atoms in total. The van der Waals surface area contributed by atoms with Crippen LogP contribution in [0.2, 0.25) is 0 Å². The molecule has 0 amide bonds. The fraction of sp³-hybridized carbons (Fsp3) is 1.00. The summed E-state index contributed by atoms with van der Waals surface area (Å²) in [5, 5.41) is 9.91. The predicted molar refractivity (Wildman–Crippen MR) is 66.5 cm³/mol. The van der Waals surface area contributed by atoms with E-state index in [1.807, 2.05) is 0 Å². The number of aliphatic hydroxyl groups excluding tert-OH is 1. The third-order valence-electron chi connectivity index (χ3n) is 4.18. The monoisotopic (exact) mass is 226 g/mol. The summed E-state index contributed by atoms with van der Waals surface area (Å²) < 4.78 is 0. The normalized spacial score (nSPS) is 34.5. The number of piperazine rings is 1. The van der Waals surface area contributed by atoms with E-state index < -0.39 is 0 Å². The molecule has 0 aromatic rings. The molecule has 2 aliphatic rings. The van der Waals surface area contributed by atoms with E-state index in [0.29, 0.717) is 11.6 Å². The highest BCUT2D eigenvalue weighted by molar-refractivity contribution is 4.89. The molecule has 3 heteroatoms. The van der Waals surface area contributed by atoms with Gasteiger partial charge in [-0.25, -0.2) is 0 Å². The van der Waals surface area contributed by atoms with E-state index >= 15 is 0 Å². The lowest BCUT2D eigenvalue weighted by molar-refractivity contribution is 0.00940. The van der Waals surface area contributed by atoms with Crippen molar-refractivity contribution in [3.8, 4) is 0 Å². The highest BCUT2D eigenvalue weighted by Crippen LogP contribution is 2.26. The number of hydrogen-bond donors (Lipinski definition) is 1. The first-order chi connectivity index (χ1) is 7.48. The first kappa shape index (κ1) is 12.3. The second kappa shape index (κ2) is 4.63. The van der Waals surface area contributed by atoms with E-state index in [2.05, 4.69) is 30.6 Å². The summed E-state index contributed by atoms with van der Waals surface area (Å²) in [4.78, 5) is 5.05. The van der Waals surface area contributed by atoms with Gasteiger partial charge in [-0.1, -0.05) is 0 Å².